The van der Waals surface area contributed by atoms with E-state index in [0.717, 1.165) is 46.1 Å². The molecule has 0 atom stereocenters. The van der Waals surface area contributed by atoms with Gasteiger partial charge in [0.1, 0.15) is 4.83 Å². The highest BCUT2D eigenvalue weighted by Gasteiger charge is 2.22. The maximum absolute atomic E-state index is 13.7. The van der Waals surface area contributed by atoms with Crippen molar-refractivity contribution in [3.63, 3.8) is 0 Å². The number of aryl methyl sites for hydroxylation is 4. The van der Waals surface area contributed by atoms with Crippen LogP contribution < -0.4 is 5.56 Å². The normalized spacial score (nSPS) is 13.5. The highest BCUT2D eigenvalue weighted by molar-refractivity contribution is 7.98. The van der Waals surface area contributed by atoms with E-state index in [1.54, 1.807) is 23.1 Å². The molecule has 0 radical (unpaired) electrons. The van der Waals surface area contributed by atoms with E-state index in [0.29, 0.717) is 0 Å². The topological polar surface area (TPSA) is 34.9 Å². The first-order valence-corrected chi connectivity index (χ1v) is 12.2. The third-order valence-electron chi connectivity index (χ3n) is 5.74. The molecule has 0 N–H and O–H groups in total. The van der Waals surface area contributed by atoms with Crippen molar-refractivity contribution in [2.45, 2.75) is 50.4 Å². The predicted molar refractivity (Wildman–Crippen MR) is 127 cm³/mol. The van der Waals surface area contributed by atoms with Crippen LogP contribution in [0.2, 0.25) is 0 Å². The maximum Gasteiger partial charge on any atom is 0.267 e. The second-order valence-corrected chi connectivity index (χ2v) is 10.1. The predicted octanol–water partition coefficient (Wildman–Crippen LogP) is 6.24. The summed E-state index contributed by atoms with van der Waals surface area (Å²) in [6.45, 7) is 4.16. The minimum absolute atomic E-state index is 0.0784. The van der Waals surface area contributed by atoms with Crippen LogP contribution in [-0.2, 0) is 18.6 Å². The zero-order chi connectivity index (χ0) is 20.7. The van der Waals surface area contributed by atoms with E-state index >= 15 is 0 Å². The van der Waals surface area contributed by atoms with Crippen molar-refractivity contribution >= 4 is 33.3 Å². The Labute approximate surface area is 184 Å². The Balaban J connectivity index is 1.65. The molecule has 30 heavy (non-hydrogen) atoms. The smallest absolute Gasteiger partial charge is 0.267 e. The molecule has 0 spiro atoms. The fourth-order valence-corrected chi connectivity index (χ4v) is 6.31. The molecular weight excluding hydrogens is 408 g/mol. The minimum atomic E-state index is 0.0784. The molecule has 152 valence electrons. The summed E-state index contributed by atoms with van der Waals surface area (Å²) in [6, 6.07) is 16.7. The first-order chi connectivity index (χ1) is 14.6. The molecule has 0 amide bonds. The molecule has 2 aromatic heterocycles. The lowest BCUT2D eigenvalue weighted by molar-refractivity contribution is 0.699. The van der Waals surface area contributed by atoms with Crippen molar-refractivity contribution in [3.8, 4) is 5.69 Å². The largest absolute Gasteiger partial charge is 0.268 e. The Morgan fingerprint density at radius 1 is 0.967 bits per heavy atom. The quantitative estimate of drug-likeness (QED) is 0.283. The van der Waals surface area contributed by atoms with E-state index in [-0.39, 0.29) is 5.56 Å². The molecule has 0 saturated carbocycles. The van der Waals surface area contributed by atoms with Gasteiger partial charge in [-0.25, -0.2) is 4.98 Å². The van der Waals surface area contributed by atoms with Crippen LogP contribution in [0.15, 0.2) is 58.5 Å². The van der Waals surface area contributed by atoms with E-state index in [1.165, 1.54) is 33.6 Å². The van der Waals surface area contributed by atoms with E-state index in [1.807, 2.05) is 16.7 Å². The molecule has 0 fully saturated rings. The zero-order valence-corrected chi connectivity index (χ0v) is 18.9. The third kappa shape index (κ3) is 3.61. The molecule has 2 heterocycles. The molecule has 2 aromatic carbocycles. The van der Waals surface area contributed by atoms with Gasteiger partial charge in [-0.15, -0.1) is 11.3 Å². The Kier molecular flexibility index (Phi) is 5.25. The summed E-state index contributed by atoms with van der Waals surface area (Å²) in [5.74, 6) is 0.787. The summed E-state index contributed by atoms with van der Waals surface area (Å²) in [4.78, 5) is 21.0. The van der Waals surface area contributed by atoms with Crippen LogP contribution in [-0.4, -0.2) is 9.55 Å². The van der Waals surface area contributed by atoms with Gasteiger partial charge in [-0.1, -0.05) is 59.3 Å². The van der Waals surface area contributed by atoms with Gasteiger partial charge < -0.3 is 0 Å². The fraction of sp³-hybridized carbons (Fsp3) is 0.280. The molecule has 0 aliphatic heterocycles. The van der Waals surface area contributed by atoms with Crippen LogP contribution >= 0.6 is 23.1 Å². The van der Waals surface area contributed by atoms with Crippen LogP contribution in [0.3, 0.4) is 0 Å². The lowest BCUT2D eigenvalue weighted by Crippen LogP contribution is -2.22. The second-order valence-electron chi connectivity index (χ2n) is 8.04. The average molecular weight is 433 g/mol. The molecule has 0 saturated heterocycles. The van der Waals surface area contributed by atoms with Gasteiger partial charge in [-0.2, -0.15) is 0 Å². The van der Waals surface area contributed by atoms with Crippen molar-refractivity contribution in [1.29, 1.82) is 0 Å². The van der Waals surface area contributed by atoms with Crippen LogP contribution in [0.4, 0.5) is 0 Å². The van der Waals surface area contributed by atoms with Crippen LogP contribution in [0, 0.1) is 13.8 Å². The molecule has 1 aliphatic carbocycles. The number of benzene rings is 2. The molecule has 5 heteroatoms. The Bertz CT molecular complexity index is 1270. The maximum atomic E-state index is 13.7. The van der Waals surface area contributed by atoms with Crippen LogP contribution in [0.1, 0.15) is 40.0 Å². The van der Waals surface area contributed by atoms with Gasteiger partial charge in [0.05, 0.1) is 11.1 Å². The summed E-state index contributed by atoms with van der Waals surface area (Å²) < 4.78 is 1.82. The SMILES string of the molecule is Cc1ccc(CSc2nc3sc4c(c3c(=O)n2-c2ccc(C)cc2)CCCC4)cc1. The molecule has 0 unspecified atom stereocenters. The van der Waals surface area contributed by atoms with Gasteiger partial charge in [0, 0.05) is 10.6 Å². The molecular formula is C25H24N2OS2. The van der Waals surface area contributed by atoms with Gasteiger partial charge in [-0.3, -0.25) is 9.36 Å². The van der Waals surface area contributed by atoms with Crippen molar-refractivity contribution in [3.05, 3.63) is 86.0 Å². The Morgan fingerprint density at radius 3 is 2.37 bits per heavy atom. The molecule has 4 aromatic rings. The first-order valence-electron chi connectivity index (χ1n) is 10.4. The number of nitrogens with zero attached hydrogens (tertiary/aromatic N) is 2. The lowest BCUT2D eigenvalue weighted by Gasteiger charge is -2.14. The summed E-state index contributed by atoms with van der Waals surface area (Å²) in [5.41, 5.74) is 5.89. The van der Waals surface area contributed by atoms with E-state index < -0.39 is 0 Å². The number of hydrogen-bond acceptors (Lipinski definition) is 4. The number of rotatable bonds is 4. The number of aromatic nitrogens is 2. The van der Waals surface area contributed by atoms with Crippen molar-refractivity contribution < 1.29 is 0 Å². The lowest BCUT2D eigenvalue weighted by atomic mass is 9.97. The van der Waals surface area contributed by atoms with Gasteiger partial charge in [0.15, 0.2) is 5.16 Å². The highest BCUT2D eigenvalue weighted by atomic mass is 32.2. The molecule has 3 nitrogen and oxygen atoms in total. The Hall–Kier alpha value is -2.37. The molecule has 0 bridgehead atoms. The van der Waals surface area contributed by atoms with Crippen molar-refractivity contribution in [2.24, 2.45) is 0 Å². The summed E-state index contributed by atoms with van der Waals surface area (Å²) in [6.07, 6.45) is 4.44. The standard InChI is InChI=1S/C25H24N2OS2/c1-16-7-11-18(12-8-16)15-29-25-26-23-22(20-5-3-4-6-21(20)30-23)24(28)27(25)19-13-9-17(2)10-14-19/h7-14H,3-6,15H2,1-2H3. The van der Waals surface area contributed by atoms with Crippen LogP contribution in [0.25, 0.3) is 15.9 Å². The van der Waals surface area contributed by atoms with Gasteiger partial charge in [0.25, 0.3) is 5.56 Å². The highest BCUT2D eigenvalue weighted by Crippen LogP contribution is 2.35. The number of hydrogen-bond donors (Lipinski definition) is 0. The number of thiophene rings is 1. The number of thioether (sulfide) groups is 1. The van der Waals surface area contributed by atoms with E-state index in [2.05, 4.69) is 50.2 Å². The van der Waals surface area contributed by atoms with E-state index in [4.69, 9.17) is 4.98 Å². The van der Waals surface area contributed by atoms with Crippen molar-refractivity contribution in [1.82, 2.24) is 9.55 Å². The minimum Gasteiger partial charge on any atom is -0.268 e. The summed E-state index contributed by atoms with van der Waals surface area (Å²) in [5, 5.41) is 1.62. The monoisotopic (exact) mass is 432 g/mol. The average Bonchev–Trinajstić information content (AvgIpc) is 3.13. The zero-order valence-electron chi connectivity index (χ0n) is 17.3. The van der Waals surface area contributed by atoms with Gasteiger partial charge in [0.2, 0.25) is 0 Å². The fourth-order valence-electron chi connectivity index (χ4n) is 4.04. The van der Waals surface area contributed by atoms with E-state index in [9.17, 15) is 4.79 Å². The summed E-state index contributed by atoms with van der Waals surface area (Å²) in [7, 11) is 0. The van der Waals surface area contributed by atoms with Crippen LogP contribution in [0.5, 0.6) is 0 Å². The Morgan fingerprint density at radius 2 is 1.63 bits per heavy atom. The summed E-state index contributed by atoms with van der Waals surface area (Å²) >= 11 is 3.36. The second kappa shape index (κ2) is 8.05. The third-order valence-corrected chi connectivity index (χ3v) is 7.93. The molecule has 5 rings (SSSR count). The van der Waals surface area contributed by atoms with Gasteiger partial charge >= 0.3 is 0 Å². The molecule has 1 aliphatic rings. The first kappa shape index (κ1) is 19.6. The number of fused-ring (bicyclic) bond motifs is 3. The van der Waals surface area contributed by atoms with Gasteiger partial charge in [-0.05, 0) is 62.8 Å². The van der Waals surface area contributed by atoms with Crippen molar-refractivity contribution in [2.75, 3.05) is 0 Å².